The number of hydrogen-bond donors (Lipinski definition) is 1. The molecule has 5 rings (SSSR count). The maximum atomic E-state index is 6.17. The summed E-state index contributed by atoms with van der Waals surface area (Å²) < 4.78 is 7.35. The van der Waals surface area contributed by atoms with E-state index >= 15 is 0 Å². The van der Waals surface area contributed by atoms with Crippen LogP contribution in [0.4, 0.5) is 17.3 Å². The zero-order valence-corrected chi connectivity index (χ0v) is 17.4. The molecule has 0 amide bonds. The van der Waals surface area contributed by atoms with E-state index in [2.05, 4.69) is 40.3 Å². The van der Waals surface area contributed by atoms with E-state index in [1.807, 2.05) is 47.1 Å². The van der Waals surface area contributed by atoms with Gasteiger partial charge in [0.15, 0.2) is 0 Å². The number of morpholine rings is 1. The standard InChI is InChI=1S/C23H22ClN5O/c1-16-13-19(5-7-21(16)28-9-11-30-12-10-28)26-23-25-15-20-6-8-22(29(20)27-23)17-3-2-4-18(24)14-17/h2-8,13-15H,9-12H2,1H3,(H,26,27). The highest BCUT2D eigenvalue weighted by molar-refractivity contribution is 6.30. The first-order valence-electron chi connectivity index (χ1n) is 9.98. The SMILES string of the molecule is Cc1cc(Nc2ncc3ccc(-c4cccc(Cl)c4)n3n2)ccc1N1CCOCC1. The number of nitrogens with one attached hydrogen (secondary N) is 1. The van der Waals surface area contributed by atoms with Crippen LogP contribution in [0, 0.1) is 6.92 Å². The zero-order chi connectivity index (χ0) is 20.5. The summed E-state index contributed by atoms with van der Waals surface area (Å²) in [6, 6.07) is 18.1. The number of anilines is 3. The molecule has 0 spiro atoms. The van der Waals surface area contributed by atoms with Crippen LogP contribution in [0.1, 0.15) is 5.56 Å². The molecule has 0 bridgehead atoms. The Morgan fingerprint density at radius 2 is 1.90 bits per heavy atom. The number of benzene rings is 2. The van der Waals surface area contributed by atoms with E-state index in [0.717, 1.165) is 48.8 Å². The molecule has 0 atom stereocenters. The van der Waals surface area contributed by atoms with Crippen LogP contribution in [0.25, 0.3) is 16.8 Å². The predicted molar refractivity (Wildman–Crippen MR) is 121 cm³/mol. The van der Waals surface area contributed by atoms with Crippen molar-refractivity contribution in [3.63, 3.8) is 0 Å². The van der Waals surface area contributed by atoms with Gasteiger partial charge in [-0.3, -0.25) is 0 Å². The summed E-state index contributed by atoms with van der Waals surface area (Å²) in [6.07, 6.45) is 1.82. The van der Waals surface area contributed by atoms with Crippen molar-refractivity contribution in [2.75, 3.05) is 36.5 Å². The third-order valence-electron chi connectivity index (χ3n) is 5.32. The lowest BCUT2D eigenvalue weighted by Gasteiger charge is -2.30. The van der Waals surface area contributed by atoms with Crippen molar-refractivity contribution in [3.05, 3.63) is 71.4 Å². The molecule has 4 aromatic rings. The third kappa shape index (κ3) is 3.72. The molecule has 1 fully saturated rings. The molecule has 2 aromatic heterocycles. The molecule has 0 saturated carbocycles. The number of aryl methyl sites for hydroxylation is 1. The molecule has 0 aliphatic carbocycles. The molecule has 1 N–H and O–H groups in total. The Morgan fingerprint density at radius 1 is 1.03 bits per heavy atom. The smallest absolute Gasteiger partial charge is 0.245 e. The fourth-order valence-electron chi connectivity index (χ4n) is 3.85. The van der Waals surface area contributed by atoms with Gasteiger partial charge >= 0.3 is 0 Å². The largest absolute Gasteiger partial charge is 0.378 e. The van der Waals surface area contributed by atoms with Crippen LogP contribution in [0.2, 0.25) is 5.02 Å². The lowest BCUT2D eigenvalue weighted by molar-refractivity contribution is 0.122. The minimum absolute atomic E-state index is 0.542. The Bertz CT molecular complexity index is 1200. The van der Waals surface area contributed by atoms with Crippen molar-refractivity contribution in [2.45, 2.75) is 6.92 Å². The maximum absolute atomic E-state index is 6.17. The minimum Gasteiger partial charge on any atom is -0.378 e. The molecule has 7 heteroatoms. The predicted octanol–water partition coefficient (Wildman–Crippen LogP) is 4.94. The maximum Gasteiger partial charge on any atom is 0.245 e. The number of hydrogen-bond acceptors (Lipinski definition) is 5. The van der Waals surface area contributed by atoms with Crippen molar-refractivity contribution in [1.29, 1.82) is 0 Å². The van der Waals surface area contributed by atoms with Gasteiger partial charge in [-0.25, -0.2) is 9.50 Å². The Hall–Kier alpha value is -3.09. The normalized spacial score (nSPS) is 14.3. The van der Waals surface area contributed by atoms with E-state index in [1.54, 1.807) is 0 Å². The lowest BCUT2D eigenvalue weighted by Crippen LogP contribution is -2.36. The van der Waals surface area contributed by atoms with Crippen LogP contribution < -0.4 is 10.2 Å². The summed E-state index contributed by atoms with van der Waals surface area (Å²) in [6.45, 7) is 5.53. The van der Waals surface area contributed by atoms with Crippen molar-refractivity contribution in [1.82, 2.24) is 14.6 Å². The number of ether oxygens (including phenoxy) is 1. The Balaban J connectivity index is 1.43. The van der Waals surface area contributed by atoms with Gasteiger partial charge in [-0.15, -0.1) is 5.10 Å². The summed E-state index contributed by atoms with van der Waals surface area (Å²) in [4.78, 5) is 6.84. The van der Waals surface area contributed by atoms with Gasteiger partial charge in [0.05, 0.1) is 30.6 Å². The lowest BCUT2D eigenvalue weighted by atomic mass is 10.1. The zero-order valence-electron chi connectivity index (χ0n) is 16.7. The average Bonchev–Trinajstić information content (AvgIpc) is 3.18. The molecule has 3 heterocycles. The molecular formula is C23H22ClN5O. The summed E-state index contributed by atoms with van der Waals surface area (Å²) in [7, 11) is 0. The Labute approximate surface area is 180 Å². The third-order valence-corrected chi connectivity index (χ3v) is 5.56. The van der Waals surface area contributed by atoms with Crippen LogP contribution >= 0.6 is 11.6 Å². The van der Waals surface area contributed by atoms with Crippen molar-refractivity contribution in [2.24, 2.45) is 0 Å². The van der Waals surface area contributed by atoms with E-state index in [0.29, 0.717) is 11.0 Å². The number of aromatic nitrogens is 3. The van der Waals surface area contributed by atoms with Crippen LogP contribution in [0.5, 0.6) is 0 Å². The highest BCUT2D eigenvalue weighted by atomic mass is 35.5. The second kappa shape index (κ2) is 7.97. The minimum atomic E-state index is 0.542. The van der Waals surface area contributed by atoms with Gasteiger partial charge in [0.1, 0.15) is 0 Å². The van der Waals surface area contributed by atoms with Crippen LogP contribution in [-0.4, -0.2) is 40.9 Å². The highest BCUT2D eigenvalue weighted by Crippen LogP contribution is 2.27. The number of fused-ring (bicyclic) bond motifs is 1. The molecule has 152 valence electrons. The monoisotopic (exact) mass is 419 g/mol. The molecule has 0 unspecified atom stereocenters. The van der Waals surface area contributed by atoms with Crippen LogP contribution in [0.15, 0.2) is 60.8 Å². The summed E-state index contributed by atoms with van der Waals surface area (Å²) in [5.41, 5.74) is 6.32. The molecule has 30 heavy (non-hydrogen) atoms. The number of rotatable bonds is 4. The summed E-state index contributed by atoms with van der Waals surface area (Å²) in [5, 5.41) is 8.74. The first-order valence-corrected chi connectivity index (χ1v) is 10.4. The summed E-state index contributed by atoms with van der Waals surface area (Å²) in [5.74, 6) is 0.542. The Morgan fingerprint density at radius 3 is 2.70 bits per heavy atom. The quantitative estimate of drug-likeness (QED) is 0.507. The second-order valence-electron chi connectivity index (χ2n) is 7.37. The fraction of sp³-hybridized carbons (Fsp3) is 0.217. The second-order valence-corrected chi connectivity index (χ2v) is 7.81. The van der Waals surface area contributed by atoms with Gasteiger partial charge in [0.2, 0.25) is 5.95 Å². The van der Waals surface area contributed by atoms with Gasteiger partial charge < -0.3 is 15.0 Å². The van der Waals surface area contributed by atoms with E-state index in [1.165, 1.54) is 11.3 Å². The average molecular weight is 420 g/mol. The molecule has 6 nitrogen and oxygen atoms in total. The fourth-order valence-corrected chi connectivity index (χ4v) is 4.04. The molecule has 2 aromatic carbocycles. The van der Waals surface area contributed by atoms with E-state index in [9.17, 15) is 0 Å². The van der Waals surface area contributed by atoms with Gasteiger partial charge in [-0.2, -0.15) is 0 Å². The first kappa shape index (κ1) is 18.9. The number of nitrogens with zero attached hydrogens (tertiary/aromatic N) is 4. The highest BCUT2D eigenvalue weighted by Gasteiger charge is 2.14. The molecule has 1 saturated heterocycles. The van der Waals surface area contributed by atoms with E-state index in [4.69, 9.17) is 21.4 Å². The van der Waals surface area contributed by atoms with E-state index < -0.39 is 0 Å². The molecular weight excluding hydrogens is 398 g/mol. The van der Waals surface area contributed by atoms with Crippen LogP contribution in [-0.2, 0) is 4.74 Å². The van der Waals surface area contributed by atoms with Gasteiger partial charge in [-0.05, 0) is 55.0 Å². The number of halogens is 1. The van der Waals surface area contributed by atoms with Gasteiger partial charge in [0, 0.05) is 35.1 Å². The molecule has 0 radical (unpaired) electrons. The van der Waals surface area contributed by atoms with Crippen molar-refractivity contribution in [3.8, 4) is 11.3 Å². The van der Waals surface area contributed by atoms with Crippen molar-refractivity contribution < 1.29 is 4.74 Å². The topological polar surface area (TPSA) is 54.7 Å². The van der Waals surface area contributed by atoms with E-state index in [-0.39, 0.29) is 0 Å². The van der Waals surface area contributed by atoms with Gasteiger partial charge in [0.25, 0.3) is 0 Å². The van der Waals surface area contributed by atoms with Crippen LogP contribution in [0.3, 0.4) is 0 Å². The van der Waals surface area contributed by atoms with Gasteiger partial charge in [-0.1, -0.05) is 23.7 Å². The molecule has 1 aliphatic rings. The Kier molecular flexibility index (Phi) is 5.02. The summed E-state index contributed by atoms with van der Waals surface area (Å²) >= 11 is 6.17. The first-order chi connectivity index (χ1) is 14.7. The molecule has 1 aliphatic heterocycles. The van der Waals surface area contributed by atoms with Crippen molar-refractivity contribution >= 4 is 34.4 Å².